The first-order valence-corrected chi connectivity index (χ1v) is 9.86. The van der Waals surface area contributed by atoms with Crippen molar-refractivity contribution in [2.75, 3.05) is 42.9 Å². The summed E-state index contributed by atoms with van der Waals surface area (Å²) in [6.07, 6.45) is 0. The fourth-order valence-electron chi connectivity index (χ4n) is 3.23. The number of nitrogens with zero attached hydrogens (tertiary/aromatic N) is 2. The molecule has 1 saturated heterocycles. The second kappa shape index (κ2) is 9.52. The second-order valence-corrected chi connectivity index (χ2v) is 7.39. The Balaban J connectivity index is 1.52. The largest absolute Gasteiger partial charge is 0.368 e. The summed E-state index contributed by atoms with van der Waals surface area (Å²) >= 11 is 0. The number of anilines is 2. The highest BCUT2D eigenvalue weighted by molar-refractivity contribution is 5.94. The van der Waals surface area contributed by atoms with Crippen LogP contribution in [0.4, 0.5) is 15.8 Å². The molecule has 1 aliphatic rings. The van der Waals surface area contributed by atoms with Gasteiger partial charge in [-0.15, -0.1) is 0 Å². The number of hydrogen-bond acceptors (Lipinski definition) is 4. The van der Waals surface area contributed by atoms with E-state index in [1.807, 2.05) is 38.1 Å². The molecule has 0 aromatic heterocycles. The van der Waals surface area contributed by atoms with Crippen molar-refractivity contribution < 1.29 is 14.0 Å². The maximum atomic E-state index is 13.9. The maximum absolute atomic E-state index is 13.9. The average molecular weight is 398 g/mol. The number of nitrogens with one attached hydrogen (secondary N) is 2. The lowest BCUT2D eigenvalue weighted by Gasteiger charge is -2.36. The van der Waals surface area contributed by atoms with E-state index in [2.05, 4.69) is 15.5 Å². The van der Waals surface area contributed by atoms with Crippen LogP contribution in [0.2, 0.25) is 0 Å². The van der Waals surface area contributed by atoms with Gasteiger partial charge in [-0.1, -0.05) is 26.0 Å². The summed E-state index contributed by atoms with van der Waals surface area (Å²) < 4.78 is 13.9. The van der Waals surface area contributed by atoms with E-state index in [0.717, 1.165) is 11.4 Å². The highest BCUT2D eigenvalue weighted by Crippen LogP contribution is 2.20. The van der Waals surface area contributed by atoms with Gasteiger partial charge in [0.05, 0.1) is 12.1 Å². The molecular weight excluding hydrogens is 371 g/mol. The predicted octanol–water partition coefficient (Wildman–Crippen LogP) is 2.72. The molecule has 6 nitrogen and oxygen atoms in total. The molecule has 1 aliphatic heterocycles. The van der Waals surface area contributed by atoms with Crippen LogP contribution in [-0.2, 0) is 4.79 Å². The lowest BCUT2D eigenvalue weighted by Crippen LogP contribution is -2.49. The van der Waals surface area contributed by atoms with Crippen molar-refractivity contribution >= 4 is 23.2 Å². The molecule has 2 N–H and O–H groups in total. The molecule has 0 spiro atoms. The number of halogens is 1. The molecule has 1 fully saturated rings. The van der Waals surface area contributed by atoms with Gasteiger partial charge in [0, 0.05) is 43.6 Å². The number of hydrogen-bond donors (Lipinski definition) is 2. The second-order valence-electron chi connectivity index (χ2n) is 7.39. The first-order chi connectivity index (χ1) is 13.9. The normalized spacial score (nSPS) is 14.2. The zero-order valence-corrected chi connectivity index (χ0v) is 16.8. The molecule has 29 heavy (non-hydrogen) atoms. The van der Waals surface area contributed by atoms with E-state index in [-0.39, 0.29) is 30.0 Å². The maximum Gasteiger partial charge on any atom is 0.256 e. The number of carbonyl (C=O) groups excluding carboxylic acids is 2. The fourth-order valence-corrected chi connectivity index (χ4v) is 3.23. The summed E-state index contributed by atoms with van der Waals surface area (Å²) in [5, 5.41) is 5.95. The van der Waals surface area contributed by atoms with Gasteiger partial charge < -0.3 is 20.4 Å². The first kappa shape index (κ1) is 20.8. The summed E-state index contributed by atoms with van der Waals surface area (Å²) in [6, 6.07) is 14.0. The van der Waals surface area contributed by atoms with E-state index >= 15 is 0 Å². The topological polar surface area (TPSA) is 64.7 Å². The third-order valence-electron chi connectivity index (χ3n) is 4.86. The summed E-state index contributed by atoms with van der Waals surface area (Å²) in [5.41, 5.74) is 1.90. The van der Waals surface area contributed by atoms with Crippen molar-refractivity contribution in [2.45, 2.75) is 19.9 Å². The Kier molecular flexibility index (Phi) is 6.82. The zero-order valence-electron chi connectivity index (χ0n) is 16.8. The molecule has 2 aromatic carbocycles. The SMILES string of the molecule is CC(C)NCC(=O)Nc1ccc(N2CCN(C(=O)c3ccccc3F)CC2)cc1. The van der Waals surface area contributed by atoms with Crippen LogP contribution < -0.4 is 15.5 Å². The monoisotopic (exact) mass is 398 g/mol. The molecule has 3 rings (SSSR count). The van der Waals surface area contributed by atoms with Gasteiger partial charge in [0.25, 0.3) is 5.91 Å². The van der Waals surface area contributed by atoms with Crippen molar-refractivity contribution in [2.24, 2.45) is 0 Å². The van der Waals surface area contributed by atoms with Crippen molar-refractivity contribution in [3.8, 4) is 0 Å². The summed E-state index contributed by atoms with van der Waals surface area (Å²) in [7, 11) is 0. The predicted molar refractivity (Wildman–Crippen MR) is 113 cm³/mol. The van der Waals surface area contributed by atoms with Gasteiger partial charge >= 0.3 is 0 Å². The molecule has 2 amide bonds. The van der Waals surface area contributed by atoms with E-state index in [0.29, 0.717) is 26.2 Å². The van der Waals surface area contributed by atoms with Gasteiger partial charge in [0.15, 0.2) is 0 Å². The molecule has 0 radical (unpaired) electrons. The lowest BCUT2D eigenvalue weighted by molar-refractivity contribution is -0.115. The Morgan fingerprint density at radius 1 is 1.00 bits per heavy atom. The quantitative estimate of drug-likeness (QED) is 0.785. The fraction of sp³-hybridized carbons (Fsp3) is 0.364. The molecule has 7 heteroatoms. The molecule has 1 heterocycles. The van der Waals surface area contributed by atoms with Gasteiger partial charge in [-0.05, 0) is 36.4 Å². The summed E-state index contributed by atoms with van der Waals surface area (Å²) in [6.45, 7) is 6.67. The Bertz CT molecular complexity index is 846. The molecule has 0 saturated carbocycles. The first-order valence-electron chi connectivity index (χ1n) is 9.86. The molecule has 0 aliphatic carbocycles. The van der Waals surface area contributed by atoms with Crippen LogP contribution in [0, 0.1) is 5.82 Å². The molecular formula is C22H27FN4O2. The van der Waals surface area contributed by atoms with Gasteiger partial charge in [0.1, 0.15) is 5.82 Å². The standard InChI is InChI=1S/C22H27FN4O2/c1-16(2)24-15-21(28)25-17-7-9-18(10-8-17)26-11-13-27(14-12-26)22(29)19-5-3-4-6-20(19)23/h3-10,16,24H,11-15H2,1-2H3,(H,25,28). The molecule has 0 bridgehead atoms. The van der Waals surface area contributed by atoms with E-state index in [1.54, 1.807) is 17.0 Å². The van der Waals surface area contributed by atoms with Crippen LogP contribution in [0.5, 0.6) is 0 Å². The third-order valence-corrected chi connectivity index (χ3v) is 4.86. The number of carbonyl (C=O) groups is 2. The Labute approximate surface area is 170 Å². The van der Waals surface area contributed by atoms with Gasteiger partial charge in [-0.25, -0.2) is 4.39 Å². The lowest BCUT2D eigenvalue weighted by atomic mass is 10.1. The van der Waals surface area contributed by atoms with Crippen LogP contribution in [0.3, 0.4) is 0 Å². The number of piperazine rings is 1. The van der Waals surface area contributed by atoms with Crippen LogP contribution in [0.25, 0.3) is 0 Å². The minimum absolute atomic E-state index is 0.0771. The molecule has 2 aromatic rings. The van der Waals surface area contributed by atoms with Gasteiger partial charge in [-0.2, -0.15) is 0 Å². The van der Waals surface area contributed by atoms with E-state index in [9.17, 15) is 14.0 Å². The van der Waals surface area contributed by atoms with Crippen LogP contribution >= 0.6 is 0 Å². The Hall–Kier alpha value is -2.93. The molecule has 0 unspecified atom stereocenters. The average Bonchev–Trinajstić information content (AvgIpc) is 2.73. The van der Waals surface area contributed by atoms with E-state index < -0.39 is 5.82 Å². The van der Waals surface area contributed by atoms with Crippen molar-refractivity contribution in [1.82, 2.24) is 10.2 Å². The number of benzene rings is 2. The summed E-state index contributed by atoms with van der Waals surface area (Å²) in [5.74, 6) is -0.830. The highest BCUT2D eigenvalue weighted by Gasteiger charge is 2.24. The summed E-state index contributed by atoms with van der Waals surface area (Å²) in [4.78, 5) is 28.3. The van der Waals surface area contributed by atoms with Crippen molar-refractivity contribution in [1.29, 1.82) is 0 Å². The van der Waals surface area contributed by atoms with Gasteiger partial charge in [0.2, 0.25) is 5.91 Å². The Morgan fingerprint density at radius 3 is 2.28 bits per heavy atom. The van der Waals surface area contributed by atoms with Crippen molar-refractivity contribution in [3.05, 3.63) is 59.9 Å². The zero-order chi connectivity index (χ0) is 20.8. The van der Waals surface area contributed by atoms with E-state index in [4.69, 9.17) is 0 Å². The highest BCUT2D eigenvalue weighted by atomic mass is 19.1. The van der Waals surface area contributed by atoms with Crippen molar-refractivity contribution in [3.63, 3.8) is 0 Å². The van der Waals surface area contributed by atoms with Crippen LogP contribution in [0.15, 0.2) is 48.5 Å². The Morgan fingerprint density at radius 2 is 1.66 bits per heavy atom. The number of amides is 2. The smallest absolute Gasteiger partial charge is 0.256 e. The number of rotatable bonds is 6. The minimum Gasteiger partial charge on any atom is -0.368 e. The third kappa shape index (κ3) is 5.54. The van der Waals surface area contributed by atoms with Crippen LogP contribution in [0.1, 0.15) is 24.2 Å². The van der Waals surface area contributed by atoms with E-state index in [1.165, 1.54) is 12.1 Å². The van der Waals surface area contributed by atoms with Crippen LogP contribution in [-0.4, -0.2) is 55.5 Å². The van der Waals surface area contributed by atoms with Gasteiger partial charge in [-0.3, -0.25) is 9.59 Å². The molecule has 154 valence electrons. The molecule has 0 atom stereocenters. The minimum atomic E-state index is -0.485.